The fraction of sp³-hybridized carbons (Fsp3) is 0.167. The van der Waals surface area contributed by atoms with Crippen molar-refractivity contribution in [3.8, 4) is 22.9 Å². The molecule has 0 saturated heterocycles. The largest absolute Gasteiger partial charge is 0.424 e. The van der Waals surface area contributed by atoms with Crippen molar-refractivity contribution in [2.75, 3.05) is 0 Å². The van der Waals surface area contributed by atoms with E-state index >= 15 is 0 Å². The van der Waals surface area contributed by atoms with E-state index in [0.29, 0.717) is 18.1 Å². The molecule has 176 valence electrons. The van der Waals surface area contributed by atoms with Gasteiger partial charge in [-0.1, -0.05) is 70.8 Å². The SMILES string of the molecule is CCn1c(Oc2ccc(-c3ccccc3)cc2)nnc1[C@@H](C)NS(=O)(=O)c1ccc(Cl)c(Cl)c1. The molecule has 4 rings (SSSR count). The van der Waals surface area contributed by atoms with Gasteiger partial charge in [0.25, 0.3) is 0 Å². The molecule has 7 nitrogen and oxygen atoms in total. The average molecular weight is 517 g/mol. The number of rotatable bonds is 8. The van der Waals surface area contributed by atoms with Gasteiger partial charge in [-0.25, -0.2) is 13.1 Å². The maximum absolute atomic E-state index is 12.8. The summed E-state index contributed by atoms with van der Waals surface area (Å²) in [5.41, 5.74) is 2.17. The molecule has 0 unspecified atom stereocenters. The fourth-order valence-corrected chi connectivity index (χ4v) is 5.03. The summed E-state index contributed by atoms with van der Waals surface area (Å²) in [6, 6.07) is 21.4. The molecular formula is C24H22Cl2N4O3S. The summed E-state index contributed by atoms with van der Waals surface area (Å²) >= 11 is 11.9. The van der Waals surface area contributed by atoms with Crippen LogP contribution >= 0.6 is 23.2 Å². The van der Waals surface area contributed by atoms with Crippen LogP contribution in [0.3, 0.4) is 0 Å². The summed E-state index contributed by atoms with van der Waals surface area (Å²) in [7, 11) is -3.87. The number of hydrogen-bond acceptors (Lipinski definition) is 5. The molecule has 0 radical (unpaired) electrons. The van der Waals surface area contributed by atoms with Crippen molar-refractivity contribution in [1.82, 2.24) is 19.5 Å². The first kappa shape index (κ1) is 24.2. The molecule has 0 aliphatic carbocycles. The van der Waals surface area contributed by atoms with Gasteiger partial charge in [0.05, 0.1) is 21.0 Å². The summed E-state index contributed by atoms with van der Waals surface area (Å²) in [4.78, 5) is 0.00583. The number of hydrogen-bond donors (Lipinski definition) is 1. The van der Waals surface area contributed by atoms with E-state index in [4.69, 9.17) is 27.9 Å². The maximum Gasteiger partial charge on any atom is 0.322 e. The second-order valence-corrected chi connectivity index (χ2v) is 10.0. The van der Waals surface area contributed by atoms with Crippen LogP contribution in [0.25, 0.3) is 11.1 Å². The zero-order valence-corrected chi connectivity index (χ0v) is 20.8. The lowest BCUT2D eigenvalue weighted by Gasteiger charge is -2.15. The molecule has 1 atom stereocenters. The summed E-state index contributed by atoms with van der Waals surface area (Å²) in [6.07, 6.45) is 0. The van der Waals surface area contributed by atoms with Crippen LogP contribution < -0.4 is 9.46 Å². The van der Waals surface area contributed by atoms with Crippen molar-refractivity contribution in [2.24, 2.45) is 0 Å². The highest BCUT2D eigenvalue weighted by molar-refractivity contribution is 7.89. The van der Waals surface area contributed by atoms with Crippen LogP contribution in [0.4, 0.5) is 0 Å². The summed E-state index contributed by atoms with van der Waals surface area (Å²) in [5.74, 6) is 1.01. The van der Waals surface area contributed by atoms with Gasteiger partial charge in [-0.05, 0) is 55.3 Å². The Bertz CT molecular complexity index is 1390. The smallest absolute Gasteiger partial charge is 0.322 e. The normalized spacial score (nSPS) is 12.5. The Kier molecular flexibility index (Phi) is 7.23. The lowest BCUT2D eigenvalue weighted by atomic mass is 10.1. The molecule has 0 fully saturated rings. The van der Waals surface area contributed by atoms with Crippen molar-refractivity contribution < 1.29 is 13.2 Å². The highest BCUT2D eigenvalue weighted by Crippen LogP contribution is 2.28. The standard InChI is InChI=1S/C24H22Cl2N4O3S/c1-3-30-23(16(2)29-34(31,32)20-13-14-21(25)22(26)15-20)27-28-24(30)33-19-11-9-18(10-12-19)17-7-5-4-6-8-17/h4-16,29H,3H2,1-2H3/t16-/m1/s1. The highest BCUT2D eigenvalue weighted by Gasteiger charge is 2.24. The predicted molar refractivity (Wildman–Crippen MR) is 133 cm³/mol. The minimum absolute atomic E-state index is 0.00583. The van der Waals surface area contributed by atoms with Crippen molar-refractivity contribution in [2.45, 2.75) is 31.3 Å². The zero-order chi connectivity index (χ0) is 24.3. The Morgan fingerprint density at radius 3 is 2.26 bits per heavy atom. The first-order chi connectivity index (χ1) is 16.3. The third-order valence-corrected chi connectivity index (χ3v) is 7.43. The van der Waals surface area contributed by atoms with Gasteiger partial charge in [0.15, 0.2) is 5.82 Å². The van der Waals surface area contributed by atoms with Crippen LogP contribution in [-0.4, -0.2) is 23.2 Å². The second-order valence-electron chi connectivity index (χ2n) is 7.50. The molecule has 34 heavy (non-hydrogen) atoms. The van der Waals surface area contributed by atoms with E-state index in [0.717, 1.165) is 11.1 Å². The Hall–Kier alpha value is -2.91. The molecule has 4 aromatic rings. The quantitative estimate of drug-likeness (QED) is 0.305. The maximum atomic E-state index is 12.8. The molecule has 10 heteroatoms. The van der Waals surface area contributed by atoms with E-state index in [1.54, 1.807) is 11.5 Å². The molecule has 0 spiro atoms. The molecular weight excluding hydrogens is 495 g/mol. The Morgan fingerprint density at radius 2 is 1.62 bits per heavy atom. The van der Waals surface area contributed by atoms with Crippen LogP contribution in [0.15, 0.2) is 77.7 Å². The van der Waals surface area contributed by atoms with Gasteiger partial charge in [-0.3, -0.25) is 4.57 Å². The van der Waals surface area contributed by atoms with Gasteiger partial charge in [0.2, 0.25) is 10.0 Å². The molecule has 0 amide bonds. The molecule has 0 aliphatic heterocycles. The van der Waals surface area contributed by atoms with Gasteiger partial charge < -0.3 is 4.74 Å². The molecule has 1 N–H and O–H groups in total. The van der Waals surface area contributed by atoms with Gasteiger partial charge >= 0.3 is 6.01 Å². The summed E-state index contributed by atoms with van der Waals surface area (Å²) in [5, 5.41) is 8.73. The molecule has 0 aliphatic rings. The van der Waals surface area contributed by atoms with E-state index in [-0.39, 0.29) is 21.0 Å². The minimum Gasteiger partial charge on any atom is -0.424 e. The van der Waals surface area contributed by atoms with Gasteiger partial charge in [0.1, 0.15) is 5.75 Å². The van der Waals surface area contributed by atoms with E-state index in [1.807, 2.05) is 61.5 Å². The average Bonchev–Trinajstić information content (AvgIpc) is 3.24. The topological polar surface area (TPSA) is 86.1 Å². The molecule has 1 heterocycles. The van der Waals surface area contributed by atoms with E-state index in [2.05, 4.69) is 14.9 Å². The van der Waals surface area contributed by atoms with Gasteiger partial charge in [-0.15, -0.1) is 5.10 Å². The van der Waals surface area contributed by atoms with Crippen molar-refractivity contribution >= 4 is 33.2 Å². The fourth-order valence-electron chi connectivity index (χ4n) is 3.44. The van der Waals surface area contributed by atoms with Crippen LogP contribution in [-0.2, 0) is 16.6 Å². The lowest BCUT2D eigenvalue weighted by molar-refractivity contribution is 0.408. The minimum atomic E-state index is -3.87. The third-order valence-electron chi connectivity index (χ3n) is 5.15. The van der Waals surface area contributed by atoms with Crippen LogP contribution in [0.1, 0.15) is 25.7 Å². The van der Waals surface area contributed by atoms with Crippen molar-refractivity contribution in [3.05, 3.63) is 88.7 Å². The van der Waals surface area contributed by atoms with Gasteiger partial charge in [0, 0.05) is 6.54 Å². The number of nitrogens with zero attached hydrogens (tertiary/aromatic N) is 3. The third kappa shape index (κ3) is 5.26. The second kappa shape index (κ2) is 10.1. The Morgan fingerprint density at radius 1 is 0.941 bits per heavy atom. The van der Waals surface area contributed by atoms with Crippen LogP contribution in [0, 0.1) is 0 Å². The first-order valence-electron chi connectivity index (χ1n) is 10.5. The van der Waals surface area contributed by atoms with E-state index in [1.165, 1.54) is 18.2 Å². The number of benzene rings is 3. The van der Waals surface area contributed by atoms with Crippen LogP contribution in [0.2, 0.25) is 10.0 Å². The molecule has 0 saturated carbocycles. The molecule has 1 aromatic heterocycles. The van der Waals surface area contributed by atoms with E-state index < -0.39 is 16.1 Å². The van der Waals surface area contributed by atoms with Crippen molar-refractivity contribution in [1.29, 1.82) is 0 Å². The Balaban J connectivity index is 1.52. The highest BCUT2D eigenvalue weighted by atomic mass is 35.5. The summed E-state index contributed by atoms with van der Waals surface area (Å²) in [6.45, 7) is 4.07. The van der Waals surface area contributed by atoms with Gasteiger partial charge in [-0.2, -0.15) is 0 Å². The predicted octanol–water partition coefficient (Wildman–Crippen LogP) is 6.10. The Labute approximate surface area is 208 Å². The molecule has 0 bridgehead atoms. The first-order valence-corrected chi connectivity index (χ1v) is 12.8. The summed E-state index contributed by atoms with van der Waals surface area (Å²) < 4.78 is 35.9. The number of halogens is 2. The lowest BCUT2D eigenvalue weighted by Crippen LogP contribution is -2.29. The van der Waals surface area contributed by atoms with E-state index in [9.17, 15) is 8.42 Å². The zero-order valence-electron chi connectivity index (χ0n) is 18.4. The monoisotopic (exact) mass is 516 g/mol. The van der Waals surface area contributed by atoms with Crippen molar-refractivity contribution in [3.63, 3.8) is 0 Å². The number of nitrogens with one attached hydrogen (secondary N) is 1. The number of ether oxygens (including phenoxy) is 1. The molecule has 3 aromatic carbocycles. The number of sulfonamides is 1. The number of aromatic nitrogens is 3. The van der Waals surface area contributed by atoms with Crippen LogP contribution in [0.5, 0.6) is 11.8 Å².